The first-order valence-electron chi connectivity index (χ1n) is 20.6. The van der Waals surface area contributed by atoms with Gasteiger partial charge >= 0.3 is 5.97 Å². The minimum absolute atomic E-state index is 0.0146. The number of para-hydroxylation sites is 1. The number of aromatic carboxylic acids is 1. The minimum Gasteiger partial charge on any atom is -0.872 e. The topological polar surface area (TPSA) is 135 Å². The van der Waals surface area contributed by atoms with Gasteiger partial charge in [0.15, 0.2) is 29.4 Å². The summed E-state index contributed by atoms with van der Waals surface area (Å²) in [4.78, 5) is 30.2. The number of ketones is 1. The quantitative estimate of drug-likeness (QED) is 0.113. The molecular formula is C53H50O7S3. The molecule has 10 heteroatoms. The fraction of sp³-hybridized carbons (Fsp3) is 0.170. The molecule has 9 rings (SSSR count). The van der Waals surface area contributed by atoms with E-state index < -0.39 is 33.0 Å². The molecule has 0 amide bonds. The van der Waals surface area contributed by atoms with Gasteiger partial charge < -0.3 is 14.8 Å². The summed E-state index contributed by atoms with van der Waals surface area (Å²) >= 11 is 0. The predicted molar refractivity (Wildman–Crippen MR) is 249 cm³/mol. The zero-order valence-electron chi connectivity index (χ0n) is 35.2. The van der Waals surface area contributed by atoms with Crippen LogP contribution in [0.2, 0.25) is 0 Å². The molecule has 2 fully saturated rings. The monoisotopic (exact) mass is 894 g/mol. The summed E-state index contributed by atoms with van der Waals surface area (Å²) in [5.74, 6) is -1.90. The van der Waals surface area contributed by atoms with Crippen LogP contribution in [-0.2, 0) is 36.7 Å². The Labute approximate surface area is 377 Å². The van der Waals surface area contributed by atoms with Crippen LogP contribution in [0.25, 0.3) is 0 Å². The van der Waals surface area contributed by atoms with Crippen molar-refractivity contribution in [3.8, 4) is 5.75 Å². The van der Waals surface area contributed by atoms with Crippen molar-refractivity contribution in [3.63, 3.8) is 0 Å². The molecule has 2 bridgehead atoms. The molecule has 63 heavy (non-hydrogen) atoms. The summed E-state index contributed by atoms with van der Waals surface area (Å²) in [5, 5.41) is 19.0. The van der Waals surface area contributed by atoms with Crippen molar-refractivity contribution in [3.05, 3.63) is 212 Å². The van der Waals surface area contributed by atoms with E-state index >= 15 is 0 Å². The number of carbonyl (C=O) groups is 2. The molecule has 7 nitrogen and oxygen atoms in total. The molecule has 0 spiro atoms. The van der Waals surface area contributed by atoms with E-state index in [2.05, 4.69) is 182 Å². The van der Waals surface area contributed by atoms with Gasteiger partial charge in [0.2, 0.25) is 0 Å². The third kappa shape index (κ3) is 11.8. The maximum absolute atomic E-state index is 11.8. The second kappa shape index (κ2) is 21.4. The van der Waals surface area contributed by atoms with Crippen LogP contribution < -0.4 is 5.11 Å². The number of benzene rings is 7. The van der Waals surface area contributed by atoms with E-state index in [4.69, 9.17) is 5.11 Å². The lowest BCUT2D eigenvalue weighted by Gasteiger charge is -2.37. The first-order valence-corrected chi connectivity index (χ1v) is 24.6. The molecule has 1 N–H and O–H groups in total. The lowest BCUT2D eigenvalue weighted by Crippen LogP contribution is -2.42. The smallest absolute Gasteiger partial charge is 0.335 e. The molecule has 0 aliphatic heterocycles. The number of Topliss-reactive ketones (excluding diaryl/α,β-unsaturated/α-hetero) is 1. The lowest BCUT2D eigenvalue weighted by atomic mass is 9.70. The van der Waals surface area contributed by atoms with E-state index in [0.29, 0.717) is 12.8 Å². The van der Waals surface area contributed by atoms with Crippen molar-refractivity contribution < 1.29 is 32.8 Å². The van der Waals surface area contributed by atoms with E-state index in [1.807, 2.05) is 13.8 Å². The van der Waals surface area contributed by atoms with Crippen LogP contribution in [0.4, 0.5) is 0 Å². The fourth-order valence-electron chi connectivity index (χ4n) is 8.21. The molecule has 0 aromatic heterocycles. The first kappa shape index (κ1) is 46.6. The largest absolute Gasteiger partial charge is 0.872 e. The van der Waals surface area contributed by atoms with E-state index in [9.17, 15) is 27.7 Å². The summed E-state index contributed by atoms with van der Waals surface area (Å²) in [7, 11) is -4.36. The molecule has 2 atom stereocenters. The van der Waals surface area contributed by atoms with Crippen molar-refractivity contribution in [2.45, 2.75) is 62.5 Å². The van der Waals surface area contributed by atoms with E-state index in [0.717, 1.165) is 6.42 Å². The highest BCUT2D eigenvalue weighted by Gasteiger charge is 2.64. The number of carboxylic acid groups (broad SMARTS) is 1. The zero-order valence-corrected chi connectivity index (χ0v) is 37.6. The molecule has 0 radical (unpaired) electrons. The van der Waals surface area contributed by atoms with Gasteiger partial charge in [-0.25, -0.2) is 13.2 Å². The van der Waals surface area contributed by atoms with Gasteiger partial charge in [0, 0.05) is 11.8 Å². The number of fused-ring (bicyclic) bond motifs is 2. The molecule has 0 saturated heterocycles. The van der Waals surface area contributed by atoms with E-state index in [1.165, 1.54) is 53.6 Å². The van der Waals surface area contributed by atoms with Crippen molar-refractivity contribution in [2.24, 2.45) is 16.7 Å². The van der Waals surface area contributed by atoms with Crippen LogP contribution in [0, 0.1) is 16.7 Å². The fourth-order valence-corrected chi connectivity index (χ4v) is 13.7. The Balaban J connectivity index is 0.000000143. The minimum atomic E-state index is -4.33. The molecule has 7 aromatic rings. The van der Waals surface area contributed by atoms with Crippen LogP contribution in [0.3, 0.4) is 0 Å². The normalized spacial score (nSPS) is 17.0. The number of hydrogen-bond donors (Lipinski definition) is 1. The van der Waals surface area contributed by atoms with Gasteiger partial charge in [-0.15, -0.1) is 0 Å². The predicted octanol–water partition coefficient (Wildman–Crippen LogP) is 10.9. The maximum Gasteiger partial charge on any atom is 0.335 e. The summed E-state index contributed by atoms with van der Waals surface area (Å²) in [6, 6.07) is 69.8. The number of carboxylic acids is 1. The third-order valence-electron chi connectivity index (χ3n) is 11.6. The van der Waals surface area contributed by atoms with Gasteiger partial charge in [0.1, 0.15) is 5.78 Å². The van der Waals surface area contributed by atoms with Crippen molar-refractivity contribution in [1.29, 1.82) is 0 Å². The van der Waals surface area contributed by atoms with Crippen molar-refractivity contribution >= 4 is 43.7 Å². The number of hydrogen-bond acceptors (Lipinski definition) is 6. The first-order chi connectivity index (χ1) is 30.3. The molecule has 2 aliphatic carbocycles. The Morgan fingerprint density at radius 2 is 0.873 bits per heavy atom. The average Bonchev–Trinajstić information content (AvgIpc) is 3.64. The van der Waals surface area contributed by atoms with Crippen LogP contribution >= 0.6 is 0 Å². The second-order valence-electron chi connectivity index (χ2n) is 15.7. The van der Waals surface area contributed by atoms with Crippen LogP contribution in [0.1, 0.15) is 43.5 Å². The van der Waals surface area contributed by atoms with Gasteiger partial charge in [0.05, 0.1) is 43.2 Å². The molecule has 2 saturated carbocycles. The molecule has 2 aliphatic rings. The Kier molecular flexibility index (Phi) is 15.9. The van der Waals surface area contributed by atoms with E-state index in [1.54, 1.807) is 0 Å². The van der Waals surface area contributed by atoms with E-state index in [-0.39, 0.29) is 44.5 Å². The molecule has 0 heterocycles. The summed E-state index contributed by atoms with van der Waals surface area (Å²) in [6.07, 6.45) is 1.88. The van der Waals surface area contributed by atoms with Crippen LogP contribution in [0.5, 0.6) is 5.75 Å². The molecular weight excluding hydrogens is 845 g/mol. The average molecular weight is 895 g/mol. The highest BCUT2D eigenvalue weighted by Crippen LogP contribution is 2.64. The SMILES string of the molecule is CC1(C)C2CCC1(CS(=O)(=O)[O-])C(=O)C2.O=C(O)c1ccccc1[O-].c1ccc([S+](c2ccccc2)c2ccccc2)cc1.c1ccc([S+](c2ccccc2)c2ccccc2)cc1. The second-order valence-corrected chi connectivity index (χ2v) is 21.1. The van der Waals surface area contributed by atoms with Gasteiger partial charge in [-0.1, -0.05) is 147 Å². The van der Waals surface area contributed by atoms with Crippen molar-refractivity contribution in [2.75, 3.05) is 5.75 Å². The van der Waals surface area contributed by atoms with Gasteiger partial charge in [-0.3, -0.25) is 4.79 Å². The number of carbonyl (C=O) groups excluding carboxylic acids is 1. The van der Waals surface area contributed by atoms with Crippen LogP contribution in [-0.4, -0.2) is 35.6 Å². The summed E-state index contributed by atoms with van der Waals surface area (Å²) in [6.45, 7) is 3.83. The molecule has 322 valence electrons. The highest BCUT2D eigenvalue weighted by atomic mass is 32.2. The van der Waals surface area contributed by atoms with Gasteiger partial charge in [-0.2, -0.15) is 0 Å². The van der Waals surface area contributed by atoms with Crippen LogP contribution in [0.15, 0.2) is 236 Å². The number of rotatable bonds is 9. The standard InChI is InChI=1S/2C18H15S.C10H16O4S.C7H6O3/c2*1-4-10-16(11-5-1)19(17-12-6-2-7-13-17)18-14-8-3-9-15-18;1-9(2)7-3-4-10(9,8(11)5-7)6-15(12,13)14;8-6-4-2-1-3-5(6)7(9)10/h2*1-15H;7H,3-6H2,1-2H3,(H,12,13,14);1-4,8H,(H,9,10)/q2*+1;;/p-2. The lowest BCUT2D eigenvalue weighted by molar-refractivity contribution is -0.268. The highest BCUT2D eigenvalue weighted by molar-refractivity contribution is 7.97. The van der Waals surface area contributed by atoms with Gasteiger partial charge in [-0.05, 0) is 103 Å². The molecule has 2 unspecified atom stereocenters. The van der Waals surface area contributed by atoms with Gasteiger partial charge in [0.25, 0.3) is 0 Å². The molecule has 7 aromatic carbocycles. The summed E-state index contributed by atoms with van der Waals surface area (Å²) < 4.78 is 32.7. The Morgan fingerprint density at radius 3 is 1.10 bits per heavy atom. The Hall–Kier alpha value is -5.91. The summed E-state index contributed by atoms with van der Waals surface area (Å²) in [5.41, 5.74) is -1.40. The maximum atomic E-state index is 11.8. The zero-order chi connectivity index (χ0) is 44.9. The Bertz CT molecular complexity index is 2330. The Morgan fingerprint density at radius 1 is 0.571 bits per heavy atom. The van der Waals surface area contributed by atoms with Crippen molar-refractivity contribution in [1.82, 2.24) is 0 Å². The third-order valence-corrected chi connectivity index (χ3v) is 16.9.